The van der Waals surface area contributed by atoms with Gasteiger partial charge in [0.2, 0.25) is 0 Å². The molecule has 0 saturated carbocycles. The lowest BCUT2D eigenvalue weighted by molar-refractivity contribution is -0.0284. The molecule has 2 rings (SSSR count). The topological polar surface area (TPSA) is 48.9 Å². The molecule has 160 valence electrons. The average molecular weight is 524 g/mol. The lowest BCUT2D eigenvalue weighted by Crippen LogP contribution is -2.50. The number of rotatable bonds is 8. The predicted molar refractivity (Wildman–Crippen MR) is 128 cm³/mol. The monoisotopic (exact) mass is 524 g/mol. The molecule has 0 radical (unpaired) electrons. The molecule has 0 amide bonds. The minimum atomic E-state index is -0.189. The molecule has 1 atom stereocenters. The van der Waals surface area contributed by atoms with Crippen molar-refractivity contribution in [3.63, 3.8) is 0 Å². The second-order valence-corrected chi connectivity index (χ2v) is 8.16. The van der Waals surface area contributed by atoms with Crippen molar-refractivity contribution < 1.29 is 9.13 Å². The van der Waals surface area contributed by atoms with Crippen LogP contribution in [-0.4, -0.2) is 63.1 Å². The summed E-state index contributed by atoms with van der Waals surface area (Å²) in [6, 6.07) is 4.97. The minimum absolute atomic E-state index is 0. The molecule has 8 heteroatoms. The Hall–Kier alpha value is -0.580. The molecule has 5 nitrogen and oxygen atoms in total. The first kappa shape index (κ1) is 25.5. The van der Waals surface area contributed by atoms with E-state index in [1.165, 1.54) is 6.07 Å². The van der Waals surface area contributed by atoms with E-state index in [1.807, 2.05) is 12.3 Å². The van der Waals surface area contributed by atoms with Crippen LogP contribution in [0.3, 0.4) is 0 Å². The Morgan fingerprint density at radius 1 is 1.36 bits per heavy atom. The van der Waals surface area contributed by atoms with Crippen molar-refractivity contribution in [2.75, 3.05) is 46.1 Å². The SMILES string of the molecule is CN=C(NCc1ccc(F)cc1CSC)NCC1CN(CC(C)C)CCO1.I. The largest absolute Gasteiger partial charge is 0.374 e. The van der Waals surface area contributed by atoms with Crippen molar-refractivity contribution >= 4 is 41.7 Å². The summed E-state index contributed by atoms with van der Waals surface area (Å²) in [4.78, 5) is 6.76. The lowest BCUT2D eigenvalue weighted by atomic mass is 10.1. The zero-order chi connectivity index (χ0) is 19.6. The molecule has 2 N–H and O–H groups in total. The summed E-state index contributed by atoms with van der Waals surface area (Å²) < 4.78 is 19.4. The van der Waals surface area contributed by atoms with Gasteiger partial charge in [0.15, 0.2) is 5.96 Å². The first-order valence-electron chi connectivity index (χ1n) is 9.56. The number of morpholine rings is 1. The molecule has 28 heavy (non-hydrogen) atoms. The molecule has 1 fully saturated rings. The van der Waals surface area contributed by atoms with Crippen LogP contribution < -0.4 is 10.6 Å². The molecule has 1 aromatic carbocycles. The van der Waals surface area contributed by atoms with E-state index in [1.54, 1.807) is 24.9 Å². The van der Waals surface area contributed by atoms with Crippen LogP contribution in [0.4, 0.5) is 4.39 Å². The normalized spacial score (nSPS) is 18.1. The van der Waals surface area contributed by atoms with E-state index in [2.05, 4.69) is 34.4 Å². The number of hydrogen-bond acceptors (Lipinski definition) is 4. The number of halogens is 2. The highest BCUT2D eigenvalue weighted by Gasteiger charge is 2.21. The lowest BCUT2D eigenvalue weighted by Gasteiger charge is -2.34. The fourth-order valence-corrected chi connectivity index (χ4v) is 3.83. The Labute approximate surface area is 190 Å². The average Bonchev–Trinajstić information content (AvgIpc) is 2.63. The highest BCUT2D eigenvalue weighted by molar-refractivity contribution is 14.0. The van der Waals surface area contributed by atoms with E-state index in [4.69, 9.17) is 4.74 Å². The molecule has 0 bridgehead atoms. The zero-order valence-corrected chi connectivity index (χ0v) is 20.5. The standard InChI is InChI=1S/C20H33FN4OS.HI/c1-15(2)12-25-7-8-26-19(13-25)11-24-20(22-3)23-10-16-5-6-18(21)9-17(16)14-27-4;/h5-6,9,15,19H,7-8,10-14H2,1-4H3,(H2,22,23,24);1H. The fourth-order valence-electron chi connectivity index (χ4n) is 3.25. The number of ether oxygens (including phenoxy) is 1. The molecule has 1 aromatic rings. The van der Waals surface area contributed by atoms with Crippen LogP contribution in [0.15, 0.2) is 23.2 Å². The second kappa shape index (κ2) is 13.6. The predicted octanol–water partition coefficient (Wildman–Crippen LogP) is 3.33. The van der Waals surface area contributed by atoms with Gasteiger partial charge in [-0.05, 0) is 35.4 Å². The van der Waals surface area contributed by atoms with Crippen LogP contribution in [-0.2, 0) is 17.0 Å². The number of hydrogen-bond donors (Lipinski definition) is 2. The van der Waals surface area contributed by atoms with Crippen LogP contribution in [0, 0.1) is 11.7 Å². The Morgan fingerprint density at radius 2 is 2.14 bits per heavy atom. The molecule has 1 heterocycles. The van der Waals surface area contributed by atoms with Crippen molar-refractivity contribution in [3.8, 4) is 0 Å². The molecule has 1 aliphatic rings. The zero-order valence-electron chi connectivity index (χ0n) is 17.3. The summed E-state index contributed by atoms with van der Waals surface area (Å²) in [7, 11) is 1.76. The number of benzene rings is 1. The number of thioether (sulfide) groups is 1. The van der Waals surface area contributed by atoms with Gasteiger partial charge < -0.3 is 15.4 Å². The van der Waals surface area contributed by atoms with Gasteiger partial charge in [0.1, 0.15) is 5.82 Å². The molecule has 1 unspecified atom stereocenters. The van der Waals surface area contributed by atoms with Crippen LogP contribution in [0.25, 0.3) is 0 Å². The smallest absolute Gasteiger partial charge is 0.191 e. The van der Waals surface area contributed by atoms with E-state index in [-0.39, 0.29) is 35.9 Å². The van der Waals surface area contributed by atoms with E-state index in [0.717, 1.165) is 55.6 Å². The van der Waals surface area contributed by atoms with Crippen molar-refractivity contribution in [1.29, 1.82) is 0 Å². The third-order valence-electron chi connectivity index (χ3n) is 4.48. The summed E-state index contributed by atoms with van der Waals surface area (Å²) in [6.45, 7) is 9.65. The molecule has 0 aliphatic carbocycles. The van der Waals surface area contributed by atoms with Gasteiger partial charge in [-0.25, -0.2) is 4.39 Å². The van der Waals surface area contributed by atoms with Gasteiger partial charge in [-0.1, -0.05) is 19.9 Å². The minimum Gasteiger partial charge on any atom is -0.374 e. The molecule has 1 saturated heterocycles. The van der Waals surface area contributed by atoms with E-state index in [9.17, 15) is 4.39 Å². The van der Waals surface area contributed by atoms with Gasteiger partial charge in [-0.2, -0.15) is 11.8 Å². The third-order valence-corrected chi connectivity index (χ3v) is 5.08. The van der Waals surface area contributed by atoms with Crippen molar-refractivity contribution in [3.05, 3.63) is 35.1 Å². The maximum absolute atomic E-state index is 13.5. The van der Waals surface area contributed by atoms with Crippen LogP contribution in [0.2, 0.25) is 0 Å². The molecule has 1 aliphatic heterocycles. The van der Waals surface area contributed by atoms with Crippen LogP contribution >= 0.6 is 35.7 Å². The highest BCUT2D eigenvalue weighted by atomic mass is 127. The first-order valence-corrected chi connectivity index (χ1v) is 11.0. The number of aliphatic imine (C=N–C) groups is 1. The van der Waals surface area contributed by atoms with E-state index in [0.29, 0.717) is 12.5 Å². The molecular weight excluding hydrogens is 490 g/mol. The first-order chi connectivity index (χ1) is 13.0. The number of guanidine groups is 1. The number of nitrogens with zero attached hydrogens (tertiary/aromatic N) is 2. The van der Waals surface area contributed by atoms with Gasteiger partial charge in [0, 0.05) is 45.5 Å². The quantitative estimate of drug-likeness (QED) is 0.311. The molecule has 0 aromatic heterocycles. The van der Waals surface area contributed by atoms with Gasteiger partial charge in [0.05, 0.1) is 12.7 Å². The summed E-state index contributed by atoms with van der Waals surface area (Å²) >= 11 is 1.69. The Balaban J connectivity index is 0.00000392. The molecular formula is C20H34FIN4OS. The Morgan fingerprint density at radius 3 is 2.82 bits per heavy atom. The van der Waals surface area contributed by atoms with Crippen molar-refractivity contribution in [2.24, 2.45) is 10.9 Å². The van der Waals surface area contributed by atoms with Gasteiger partial charge >= 0.3 is 0 Å². The summed E-state index contributed by atoms with van der Waals surface area (Å²) in [6.07, 6.45) is 2.18. The van der Waals surface area contributed by atoms with E-state index < -0.39 is 0 Å². The Kier molecular flexibility index (Phi) is 12.4. The van der Waals surface area contributed by atoms with Gasteiger partial charge in [-0.3, -0.25) is 9.89 Å². The maximum atomic E-state index is 13.5. The van der Waals surface area contributed by atoms with Crippen LogP contribution in [0.5, 0.6) is 0 Å². The summed E-state index contributed by atoms with van der Waals surface area (Å²) in [5, 5.41) is 6.68. The van der Waals surface area contributed by atoms with E-state index >= 15 is 0 Å². The third kappa shape index (κ3) is 8.84. The second-order valence-electron chi connectivity index (χ2n) is 7.30. The maximum Gasteiger partial charge on any atom is 0.191 e. The molecule has 0 spiro atoms. The fraction of sp³-hybridized carbons (Fsp3) is 0.650. The van der Waals surface area contributed by atoms with Gasteiger partial charge in [0.25, 0.3) is 0 Å². The summed E-state index contributed by atoms with van der Waals surface area (Å²) in [5.41, 5.74) is 2.11. The summed E-state index contributed by atoms with van der Waals surface area (Å²) in [5.74, 6) is 2.00. The van der Waals surface area contributed by atoms with Crippen molar-refractivity contribution in [2.45, 2.75) is 32.2 Å². The van der Waals surface area contributed by atoms with Crippen LogP contribution in [0.1, 0.15) is 25.0 Å². The number of nitrogens with one attached hydrogen (secondary N) is 2. The van der Waals surface area contributed by atoms with Crippen molar-refractivity contribution in [1.82, 2.24) is 15.5 Å². The highest BCUT2D eigenvalue weighted by Crippen LogP contribution is 2.16. The Bertz CT molecular complexity index is 618. The van der Waals surface area contributed by atoms with Gasteiger partial charge in [-0.15, -0.1) is 24.0 Å².